The van der Waals surface area contributed by atoms with Gasteiger partial charge >= 0.3 is 0 Å². The standard InChI is InChI=1S/C22H28N2O5/c1-4-20(29-17-10-7-9-16(15-17)28-3)22(26)24-19-12-6-5-11-18(19)21(25)23-13-8-14-27-2/h5-7,9-12,15,20H,4,8,13-14H2,1-3H3,(H,23,25)(H,24,26)/t20-/m0/s1. The molecular weight excluding hydrogens is 372 g/mol. The molecule has 2 N–H and O–H groups in total. The molecule has 156 valence electrons. The Morgan fingerprint density at radius 1 is 1.03 bits per heavy atom. The lowest BCUT2D eigenvalue weighted by molar-refractivity contribution is -0.122. The van der Waals surface area contributed by atoms with Crippen LogP contribution in [-0.4, -0.2) is 45.3 Å². The van der Waals surface area contributed by atoms with Crippen molar-refractivity contribution in [3.63, 3.8) is 0 Å². The second kappa shape index (κ2) is 11.7. The zero-order chi connectivity index (χ0) is 21.1. The van der Waals surface area contributed by atoms with E-state index in [1.165, 1.54) is 0 Å². The molecule has 0 bridgehead atoms. The summed E-state index contributed by atoms with van der Waals surface area (Å²) in [7, 11) is 3.19. The predicted octanol–water partition coefficient (Wildman–Crippen LogP) is 3.26. The fraction of sp³-hybridized carbons (Fsp3) is 0.364. The Balaban J connectivity index is 2.05. The Kier molecular flexibility index (Phi) is 8.98. The van der Waals surface area contributed by atoms with Gasteiger partial charge in [0.05, 0.1) is 18.4 Å². The van der Waals surface area contributed by atoms with Crippen molar-refractivity contribution < 1.29 is 23.8 Å². The van der Waals surface area contributed by atoms with Crippen LogP contribution in [0.15, 0.2) is 48.5 Å². The molecule has 0 spiro atoms. The zero-order valence-corrected chi connectivity index (χ0v) is 17.1. The molecule has 0 saturated carbocycles. The number of hydrogen-bond donors (Lipinski definition) is 2. The second-order valence-electron chi connectivity index (χ2n) is 6.33. The van der Waals surface area contributed by atoms with Gasteiger partial charge in [-0.2, -0.15) is 0 Å². The molecule has 0 aliphatic carbocycles. The number of benzene rings is 2. The van der Waals surface area contributed by atoms with E-state index in [0.717, 1.165) is 0 Å². The molecule has 29 heavy (non-hydrogen) atoms. The molecule has 0 aromatic heterocycles. The number of carbonyl (C=O) groups is 2. The third-order valence-electron chi connectivity index (χ3n) is 4.22. The smallest absolute Gasteiger partial charge is 0.265 e. The normalized spacial score (nSPS) is 11.4. The van der Waals surface area contributed by atoms with Crippen molar-refractivity contribution in [2.45, 2.75) is 25.9 Å². The van der Waals surface area contributed by atoms with Crippen molar-refractivity contribution in [2.75, 3.05) is 32.7 Å². The van der Waals surface area contributed by atoms with Crippen molar-refractivity contribution >= 4 is 17.5 Å². The minimum Gasteiger partial charge on any atom is -0.497 e. The van der Waals surface area contributed by atoms with Crippen molar-refractivity contribution in [2.24, 2.45) is 0 Å². The summed E-state index contributed by atoms with van der Waals surface area (Å²) < 4.78 is 16.0. The number of para-hydroxylation sites is 1. The molecule has 7 nitrogen and oxygen atoms in total. The average Bonchev–Trinajstić information content (AvgIpc) is 2.75. The first kappa shape index (κ1) is 22.2. The van der Waals surface area contributed by atoms with Crippen LogP contribution in [0.2, 0.25) is 0 Å². The molecule has 2 aromatic rings. The third kappa shape index (κ3) is 6.80. The number of hydrogen-bond acceptors (Lipinski definition) is 5. The predicted molar refractivity (Wildman–Crippen MR) is 112 cm³/mol. The van der Waals surface area contributed by atoms with E-state index >= 15 is 0 Å². The van der Waals surface area contributed by atoms with Crippen LogP contribution < -0.4 is 20.1 Å². The highest BCUT2D eigenvalue weighted by atomic mass is 16.5. The number of ether oxygens (including phenoxy) is 3. The molecule has 0 fully saturated rings. The molecule has 0 aliphatic heterocycles. The van der Waals surface area contributed by atoms with Crippen LogP contribution in [0.25, 0.3) is 0 Å². The minimum absolute atomic E-state index is 0.251. The Labute approximate surface area is 171 Å². The van der Waals surface area contributed by atoms with Crippen LogP contribution in [0.4, 0.5) is 5.69 Å². The lowest BCUT2D eigenvalue weighted by atomic mass is 10.1. The Bertz CT molecular complexity index is 809. The molecule has 0 aliphatic rings. The Hall–Kier alpha value is -3.06. The topological polar surface area (TPSA) is 85.9 Å². The second-order valence-corrected chi connectivity index (χ2v) is 6.33. The first-order valence-corrected chi connectivity index (χ1v) is 9.56. The number of amides is 2. The van der Waals surface area contributed by atoms with Gasteiger partial charge in [-0.3, -0.25) is 9.59 Å². The van der Waals surface area contributed by atoms with Gasteiger partial charge in [0.25, 0.3) is 11.8 Å². The van der Waals surface area contributed by atoms with Crippen LogP contribution in [0.3, 0.4) is 0 Å². The summed E-state index contributed by atoms with van der Waals surface area (Å²) in [5, 5.41) is 5.64. The van der Waals surface area contributed by atoms with Gasteiger partial charge in [-0.15, -0.1) is 0 Å². The summed E-state index contributed by atoms with van der Waals surface area (Å²) in [6.07, 6.45) is 0.470. The fourth-order valence-electron chi connectivity index (χ4n) is 2.68. The third-order valence-corrected chi connectivity index (χ3v) is 4.22. The maximum absolute atomic E-state index is 12.8. The van der Waals surface area contributed by atoms with Crippen LogP contribution in [0.5, 0.6) is 11.5 Å². The van der Waals surface area contributed by atoms with Gasteiger partial charge in [0.15, 0.2) is 6.10 Å². The first-order valence-electron chi connectivity index (χ1n) is 9.56. The van der Waals surface area contributed by atoms with E-state index in [2.05, 4.69) is 10.6 Å². The Morgan fingerprint density at radius 2 is 1.79 bits per heavy atom. The van der Waals surface area contributed by atoms with Gasteiger partial charge < -0.3 is 24.8 Å². The summed E-state index contributed by atoms with van der Waals surface area (Å²) >= 11 is 0. The molecule has 0 radical (unpaired) electrons. The van der Waals surface area contributed by atoms with E-state index in [1.807, 2.05) is 6.92 Å². The van der Waals surface area contributed by atoms with Crippen molar-refractivity contribution in [1.29, 1.82) is 0 Å². The van der Waals surface area contributed by atoms with E-state index in [9.17, 15) is 9.59 Å². The quantitative estimate of drug-likeness (QED) is 0.566. The van der Waals surface area contributed by atoms with E-state index in [1.54, 1.807) is 62.8 Å². The van der Waals surface area contributed by atoms with E-state index in [0.29, 0.717) is 48.7 Å². The van der Waals surface area contributed by atoms with Crippen LogP contribution in [0.1, 0.15) is 30.1 Å². The molecule has 0 unspecified atom stereocenters. The van der Waals surface area contributed by atoms with Gasteiger partial charge in [0.1, 0.15) is 11.5 Å². The summed E-state index contributed by atoms with van der Waals surface area (Å²) in [4.78, 5) is 25.2. The van der Waals surface area contributed by atoms with Gasteiger partial charge in [-0.25, -0.2) is 0 Å². The largest absolute Gasteiger partial charge is 0.497 e. The van der Waals surface area contributed by atoms with E-state index in [-0.39, 0.29) is 11.8 Å². The molecule has 0 heterocycles. The number of methoxy groups -OCH3 is 2. The summed E-state index contributed by atoms with van der Waals surface area (Å²) in [6.45, 7) is 2.92. The number of nitrogens with one attached hydrogen (secondary N) is 2. The van der Waals surface area contributed by atoms with Crippen LogP contribution in [-0.2, 0) is 9.53 Å². The summed E-state index contributed by atoms with van der Waals surface area (Å²) in [5.41, 5.74) is 0.837. The maximum atomic E-state index is 12.8. The summed E-state index contributed by atoms with van der Waals surface area (Å²) in [6, 6.07) is 14.0. The first-order chi connectivity index (χ1) is 14.1. The van der Waals surface area contributed by atoms with E-state index < -0.39 is 6.10 Å². The van der Waals surface area contributed by atoms with Crippen molar-refractivity contribution in [3.8, 4) is 11.5 Å². The van der Waals surface area contributed by atoms with E-state index in [4.69, 9.17) is 14.2 Å². The molecule has 2 rings (SSSR count). The number of anilines is 1. The molecule has 7 heteroatoms. The molecule has 2 aromatic carbocycles. The Morgan fingerprint density at radius 3 is 2.52 bits per heavy atom. The number of rotatable bonds is 11. The number of carbonyl (C=O) groups excluding carboxylic acids is 2. The highest BCUT2D eigenvalue weighted by molar-refractivity contribution is 6.04. The van der Waals surface area contributed by atoms with Crippen LogP contribution >= 0.6 is 0 Å². The monoisotopic (exact) mass is 400 g/mol. The van der Waals surface area contributed by atoms with Gasteiger partial charge in [-0.05, 0) is 37.1 Å². The average molecular weight is 400 g/mol. The molecular formula is C22H28N2O5. The lowest BCUT2D eigenvalue weighted by Gasteiger charge is -2.19. The maximum Gasteiger partial charge on any atom is 0.265 e. The van der Waals surface area contributed by atoms with Crippen molar-refractivity contribution in [3.05, 3.63) is 54.1 Å². The fourth-order valence-corrected chi connectivity index (χ4v) is 2.68. The molecule has 1 atom stereocenters. The highest BCUT2D eigenvalue weighted by Crippen LogP contribution is 2.22. The van der Waals surface area contributed by atoms with Gasteiger partial charge in [0, 0.05) is 26.3 Å². The van der Waals surface area contributed by atoms with Crippen LogP contribution in [0, 0.1) is 0 Å². The van der Waals surface area contributed by atoms with Gasteiger partial charge in [0.2, 0.25) is 0 Å². The van der Waals surface area contributed by atoms with Gasteiger partial charge in [-0.1, -0.05) is 25.1 Å². The van der Waals surface area contributed by atoms with Crippen molar-refractivity contribution in [1.82, 2.24) is 5.32 Å². The molecule has 0 saturated heterocycles. The molecule has 2 amide bonds. The SMILES string of the molecule is CC[C@H](Oc1cccc(OC)c1)C(=O)Nc1ccccc1C(=O)NCCCOC. The lowest BCUT2D eigenvalue weighted by Crippen LogP contribution is -2.33. The minimum atomic E-state index is -0.708. The highest BCUT2D eigenvalue weighted by Gasteiger charge is 2.21. The zero-order valence-electron chi connectivity index (χ0n) is 17.1. The summed E-state index contributed by atoms with van der Waals surface area (Å²) in [5.74, 6) is 0.609.